The Hall–Kier alpha value is -1.36. The number of carbonyl (C=O) groups excluding carboxylic acids is 1. The Balaban J connectivity index is 1.98. The molecule has 1 fully saturated rings. The Morgan fingerprint density at radius 3 is 3.06 bits per heavy atom. The van der Waals surface area contributed by atoms with Gasteiger partial charge in [-0.25, -0.2) is 0 Å². The molecule has 1 atom stereocenters. The molecule has 1 aromatic rings. The molecular formula is C11H18N4O. The van der Waals surface area contributed by atoms with E-state index < -0.39 is 0 Å². The molecule has 1 aliphatic heterocycles. The highest BCUT2D eigenvalue weighted by molar-refractivity contribution is 5.93. The predicted molar refractivity (Wildman–Crippen MR) is 62.2 cm³/mol. The fourth-order valence-corrected chi connectivity index (χ4v) is 2.03. The summed E-state index contributed by atoms with van der Waals surface area (Å²) < 4.78 is 1.71. The van der Waals surface area contributed by atoms with Gasteiger partial charge in [0.2, 0.25) is 5.91 Å². The average Bonchev–Trinajstić information content (AvgIpc) is 2.59. The van der Waals surface area contributed by atoms with Crippen LogP contribution in [0.3, 0.4) is 0 Å². The van der Waals surface area contributed by atoms with E-state index in [2.05, 4.69) is 15.7 Å². The van der Waals surface area contributed by atoms with Crippen molar-refractivity contribution in [1.82, 2.24) is 15.1 Å². The maximum Gasteiger partial charge on any atom is 0.228 e. The molecule has 0 aromatic carbocycles. The van der Waals surface area contributed by atoms with Gasteiger partial charge in [0.25, 0.3) is 0 Å². The number of piperidine rings is 1. The molecule has 16 heavy (non-hydrogen) atoms. The molecule has 1 amide bonds. The number of carbonyl (C=O) groups is 1. The Morgan fingerprint density at radius 1 is 1.69 bits per heavy atom. The minimum atomic E-state index is 0.0911. The van der Waals surface area contributed by atoms with Gasteiger partial charge in [0, 0.05) is 19.8 Å². The molecule has 5 nitrogen and oxygen atoms in total. The van der Waals surface area contributed by atoms with Gasteiger partial charge in [0.15, 0.2) is 0 Å². The fraction of sp³-hybridized carbons (Fsp3) is 0.636. The third-order valence-electron chi connectivity index (χ3n) is 2.94. The van der Waals surface area contributed by atoms with E-state index in [9.17, 15) is 4.79 Å². The monoisotopic (exact) mass is 222 g/mol. The summed E-state index contributed by atoms with van der Waals surface area (Å²) in [6.45, 7) is 3.70. The van der Waals surface area contributed by atoms with Crippen LogP contribution in [0.25, 0.3) is 0 Å². The van der Waals surface area contributed by atoms with Crippen LogP contribution < -0.4 is 10.6 Å². The summed E-state index contributed by atoms with van der Waals surface area (Å²) >= 11 is 0. The van der Waals surface area contributed by atoms with Gasteiger partial charge in [-0.2, -0.15) is 5.10 Å². The van der Waals surface area contributed by atoms with Crippen LogP contribution in [0, 0.1) is 12.8 Å². The van der Waals surface area contributed by atoms with Gasteiger partial charge >= 0.3 is 0 Å². The molecule has 1 unspecified atom stereocenters. The highest BCUT2D eigenvalue weighted by Crippen LogP contribution is 2.16. The van der Waals surface area contributed by atoms with Gasteiger partial charge in [0.1, 0.15) is 0 Å². The van der Waals surface area contributed by atoms with Crippen molar-refractivity contribution in [2.24, 2.45) is 13.0 Å². The lowest BCUT2D eigenvalue weighted by Gasteiger charge is -2.21. The first kappa shape index (κ1) is 11.1. The van der Waals surface area contributed by atoms with Crippen LogP contribution >= 0.6 is 0 Å². The Kier molecular flexibility index (Phi) is 3.24. The summed E-state index contributed by atoms with van der Waals surface area (Å²) in [6, 6.07) is 0. The maximum absolute atomic E-state index is 11.9. The zero-order valence-electron chi connectivity index (χ0n) is 9.79. The first-order valence-electron chi connectivity index (χ1n) is 5.68. The lowest BCUT2D eigenvalue weighted by atomic mass is 9.99. The number of nitrogens with one attached hydrogen (secondary N) is 2. The van der Waals surface area contributed by atoms with Crippen molar-refractivity contribution in [2.45, 2.75) is 19.8 Å². The molecule has 2 rings (SSSR count). The number of hydrogen-bond acceptors (Lipinski definition) is 3. The molecule has 88 valence electrons. The molecule has 0 aliphatic carbocycles. The van der Waals surface area contributed by atoms with Crippen molar-refractivity contribution in [3.05, 3.63) is 11.9 Å². The summed E-state index contributed by atoms with van der Waals surface area (Å²) in [5, 5.41) is 10.4. The van der Waals surface area contributed by atoms with Crippen LogP contribution in [0.4, 0.5) is 5.69 Å². The molecule has 2 heterocycles. The van der Waals surface area contributed by atoms with E-state index in [0.717, 1.165) is 37.3 Å². The largest absolute Gasteiger partial charge is 0.323 e. The van der Waals surface area contributed by atoms with Gasteiger partial charge in [-0.05, 0) is 26.3 Å². The van der Waals surface area contributed by atoms with Gasteiger partial charge in [-0.3, -0.25) is 9.48 Å². The Bertz CT molecular complexity index is 379. The SMILES string of the molecule is Cc1nn(C)cc1NC(=O)C1CCCNC1. The van der Waals surface area contributed by atoms with Crippen LogP contribution in [-0.4, -0.2) is 28.8 Å². The van der Waals surface area contributed by atoms with Crippen LogP contribution in [0.15, 0.2) is 6.20 Å². The second-order valence-electron chi connectivity index (χ2n) is 4.33. The first-order valence-corrected chi connectivity index (χ1v) is 5.68. The van der Waals surface area contributed by atoms with Crippen molar-refractivity contribution in [2.75, 3.05) is 18.4 Å². The quantitative estimate of drug-likeness (QED) is 0.773. The highest BCUT2D eigenvalue weighted by atomic mass is 16.1. The first-order chi connectivity index (χ1) is 7.66. The van der Waals surface area contributed by atoms with Crippen molar-refractivity contribution >= 4 is 11.6 Å². The van der Waals surface area contributed by atoms with Crippen molar-refractivity contribution in [3.63, 3.8) is 0 Å². The van der Waals surface area contributed by atoms with E-state index in [-0.39, 0.29) is 11.8 Å². The Labute approximate surface area is 95.2 Å². The second kappa shape index (κ2) is 4.65. The average molecular weight is 222 g/mol. The summed E-state index contributed by atoms with van der Waals surface area (Å²) in [4.78, 5) is 11.9. The number of anilines is 1. The third kappa shape index (κ3) is 2.41. The molecule has 1 saturated heterocycles. The highest BCUT2D eigenvalue weighted by Gasteiger charge is 2.21. The molecule has 0 spiro atoms. The number of aromatic nitrogens is 2. The number of hydrogen-bond donors (Lipinski definition) is 2. The molecule has 1 aromatic heterocycles. The van der Waals surface area contributed by atoms with E-state index in [4.69, 9.17) is 0 Å². The van der Waals surface area contributed by atoms with Crippen LogP contribution in [-0.2, 0) is 11.8 Å². The summed E-state index contributed by atoms with van der Waals surface area (Å²) in [5.41, 5.74) is 1.68. The minimum absolute atomic E-state index is 0.0911. The minimum Gasteiger partial charge on any atom is -0.323 e. The van der Waals surface area contributed by atoms with Gasteiger partial charge in [-0.1, -0.05) is 0 Å². The number of aryl methyl sites for hydroxylation is 2. The molecule has 0 bridgehead atoms. The lowest BCUT2D eigenvalue weighted by molar-refractivity contribution is -0.120. The van der Waals surface area contributed by atoms with E-state index >= 15 is 0 Å². The summed E-state index contributed by atoms with van der Waals surface area (Å²) in [7, 11) is 1.85. The van der Waals surface area contributed by atoms with E-state index in [1.54, 1.807) is 4.68 Å². The van der Waals surface area contributed by atoms with E-state index in [1.807, 2.05) is 20.2 Å². The fourth-order valence-electron chi connectivity index (χ4n) is 2.03. The Morgan fingerprint density at radius 2 is 2.50 bits per heavy atom. The molecule has 2 N–H and O–H groups in total. The molecule has 0 radical (unpaired) electrons. The van der Waals surface area contributed by atoms with Crippen molar-refractivity contribution in [3.8, 4) is 0 Å². The van der Waals surface area contributed by atoms with Crippen LogP contribution in [0.2, 0.25) is 0 Å². The normalized spacial score (nSPS) is 20.8. The molecule has 1 aliphatic rings. The lowest BCUT2D eigenvalue weighted by Crippen LogP contribution is -2.37. The standard InChI is InChI=1S/C11H18N4O/c1-8-10(7-15(2)14-8)13-11(16)9-4-3-5-12-6-9/h7,9,12H,3-6H2,1-2H3,(H,13,16). The smallest absolute Gasteiger partial charge is 0.228 e. The van der Waals surface area contributed by atoms with Crippen LogP contribution in [0.1, 0.15) is 18.5 Å². The molecule has 5 heteroatoms. The number of amides is 1. The second-order valence-corrected chi connectivity index (χ2v) is 4.33. The number of rotatable bonds is 2. The molecule has 0 saturated carbocycles. The van der Waals surface area contributed by atoms with E-state index in [0.29, 0.717) is 0 Å². The van der Waals surface area contributed by atoms with Crippen molar-refractivity contribution < 1.29 is 4.79 Å². The van der Waals surface area contributed by atoms with E-state index in [1.165, 1.54) is 0 Å². The van der Waals surface area contributed by atoms with Gasteiger partial charge in [-0.15, -0.1) is 0 Å². The zero-order valence-corrected chi connectivity index (χ0v) is 9.79. The third-order valence-corrected chi connectivity index (χ3v) is 2.94. The van der Waals surface area contributed by atoms with Gasteiger partial charge in [0.05, 0.1) is 17.3 Å². The zero-order chi connectivity index (χ0) is 11.5. The summed E-state index contributed by atoms with van der Waals surface area (Å²) in [6.07, 6.45) is 3.88. The summed E-state index contributed by atoms with van der Waals surface area (Å²) in [5.74, 6) is 0.191. The number of nitrogens with zero attached hydrogens (tertiary/aromatic N) is 2. The molecular weight excluding hydrogens is 204 g/mol. The van der Waals surface area contributed by atoms with Crippen molar-refractivity contribution in [1.29, 1.82) is 0 Å². The van der Waals surface area contributed by atoms with Gasteiger partial charge < -0.3 is 10.6 Å². The topological polar surface area (TPSA) is 59.0 Å². The maximum atomic E-state index is 11.9. The van der Waals surface area contributed by atoms with Crippen LogP contribution in [0.5, 0.6) is 0 Å². The predicted octanol–water partition coefficient (Wildman–Crippen LogP) is 0.667.